The molecule has 3 nitrogen and oxygen atoms in total. The Morgan fingerprint density at radius 2 is 1.95 bits per heavy atom. The summed E-state index contributed by atoms with van der Waals surface area (Å²) >= 11 is 9.24. The number of rotatable bonds is 0. The zero-order valence-electron chi connectivity index (χ0n) is 9.82. The SMILES string of the molecule is O=C1c2ccc(Cl)cc2CCc2cc(Br)c[n+]([O-])c21. The van der Waals surface area contributed by atoms with E-state index in [1.165, 1.54) is 6.20 Å². The van der Waals surface area contributed by atoms with Crippen molar-refractivity contribution in [1.29, 1.82) is 0 Å². The number of hydrogen-bond donors (Lipinski definition) is 0. The second-order valence-electron chi connectivity index (χ2n) is 4.49. The van der Waals surface area contributed by atoms with Crippen LogP contribution in [0.5, 0.6) is 0 Å². The summed E-state index contributed by atoms with van der Waals surface area (Å²) in [5, 5.41) is 12.6. The minimum Gasteiger partial charge on any atom is -0.618 e. The van der Waals surface area contributed by atoms with Crippen LogP contribution in [0.4, 0.5) is 0 Å². The molecule has 0 bridgehead atoms. The molecule has 0 N–H and O–H groups in total. The number of hydrogen-bond acceptors (Lipinski definition) is 2. The molecule has 1 aliphatic carbocycles. The number of benzene rings is 1. The summed E-state index contributed by atoms with van der Waals surface area (Å²) in [5.74, 6) is -0.235. The molecular weight excluding hydrogens is 330 g/mol. The van der Waals surface area contributed by atoms with Crippen LogP contribution >= 0.6 is 27.5 Å². The molecule has 96 valence electrons. The summed E-state index contributed by atoms with van der Waals surface area (Å²) in [4.78, 5) is 12.5. The highest BCUT2D eigenvalue weighted by atomic mass is 79.9. The molecule has 0 unspecified atom stereocenters. The van der Waals surface area contributed by atoms with Crippen molar-refractivity contribution in [2.75, 3.05) is 0 Å². The fraction of sp³-hybridized carbons (Fsp3) is 0.143. The van der Waals surface area contributed by atoms with Crippen LogP contribution in [0.25, 0.3) is 0 Å². The van der Waals surface area contributed by atoms with Crippen LogP contribution in [0.1, 0.15) is 27.2 Å². The predicted molar refractivity (Wildman–Crippen MR) is 75.4 cm³/mol. The molecule has 1 aliphatic rings. The predicted octanol–water partition coefficient (Wildman–Crippen LogP) is 3.07. The Morgan fingerprint density at radius 1 is 1.21 bits per heavy atom. The summed E-state index contributed by atoms with van der Waals surface area (Å²) in [6.07, 6.45) is 2.71. The molecule has 0 amide bonds. The fourth-order valence-corrected chi connectivity index (χ4v) is 3.07. The van der Waals surface area contributed by atoms with E-state index in [-0.39, 0.29) is 11.5 Å². The van der Waals surface area contributed by atoms with E-state index in [1.807, 2.05) is 6.07 Å². The van der Waals surface area contributed by atoms with E-state index in [0.29, 0.717) is 32.6 Å². The number of pyridine rings is 1. The van der Waals surface area contributed by atoms with Gasteiger partial charge in [-0.15, -0.1) is 0 Å². The van der Waals surface area contributed by atoms with Gasteiger partial charge in [0.05, 0.1) is 4.47 Å². The van der Waals surface area contributed by atoms with Crippen molar-refractivity contribution >= 4 is 33.3 Å². The van der Waals surface area contributed by atoms with Crippen LogP contribution in [-0.4, -0.2) is 5.78 Å². The number of aromatic nitrogens is 1. The molecule has 2 aromatic rings. The topological polar surface area (TPSA) is 44.0 Å². The maximum absolute atomic E-state index is 12.5. The van der Waals surface area contributed by atoms with Crippen LogP contribution in [-0.2, 0) is 12.8 Å². The standard InChI is InChI=1S/C14H9BrClNO2/c15-10-5-9-2-1-8-6-11(16)3-4-12(8)14(18)13(9)17(19)7-10/h3-7H,1-2H2. The summed E-state index contributed by atoms with van der Waals surface area (Å²) in [6.45, 7) is 0. The Kier molecular flexibility index (Phi) is 3.07. The highest BCUT2D eigenvalue weighted by molar-refractivity contribution is 9.10. The Balaban J connectivity index is 2.23. The molecule has 0 saturated heterocycles. The number of halogens is 2. The molecule has 0 saturated carbocycles. The van der Waals surface area contributed by atoms with E-state index >= 15 is 0 Å². The summed E-state index contributed by atoms with van der Waals surface area (Å²) in [7, 11) is 0. The number of carbonyl (C=O) groups excluding carboxylic acids is 1. The lowest BCUT2D eigenvalue weighted by atomic mass is 10.0. The zero-order chi connectivity index (χ0) is 13.6. The molecule has 19 heavy (non-hydrogen) atoms. The first-order valence-electron chi connectivity index (χ1n) is 5.81. The third kappa shape index (κ3) is 2.15. The average Bonchev–Trinajstić information content (AvgIpc) is 2.47. The molecule has 1 aromatic heterocycles. The van der Waals surface area contributed by atoms with Gasteiger partial charge in [-0.25, -0.2) is 0 Å². The van der Waals surface area contributed by atoms with Crippen LogP contribution in [0.15, 0.2) is 34.9 Å². The van der Waals surface area contributed by atoms with Gasteiger partial charge in [0.2, 0.25) is 0 Å². The maximum atomic E-state index is 12.5. The zero-order valence-corrected chi connectivity index (χ0v) is 12.2. The van der Waals surface area contributed by atoms with Crippen LogP contribution in [0.3, 0.4) is 0 Å². The monoisotopic (exact) mass is 337 g/mol. The van der Waals surface area contributed by atoms with Gasteiger partial charge in [0, 0.05) is 16.1 Å². The smallest absolute Gasteiger partial charge is 0.268 e. The molecule has 3 rings (SSSR count). The first-order chi connectivity index (χ1) is 9.06. The third-order valence-corrected chi connectivity index (χ3v) is 3.94. The van der Waals surface area contributed by atoms with Crippen molar-refractivity contribution in [3.05, 3.63) is 67.5 Å². The highest BCUT2D eigenvalue weighted by Crippen LogP contribution is 2.26. The van der Waals surface area contributed by atoms with Gasteiger partial charge < -0.3 is 5.21 Å². The second-order valence-corrected chi connectivity index (χ2v) is 5.84. The van der Waals surface area contributed by atoms with Gasteiger partial charge in [-0.1, -0.05) is 11.6 Å². The van der Waals surface area contributed by atoms with E-state index in [4.69, 9.17) is 11.6 Å². The van der Waals surface area contributed by atoms with Crippen LogP contribution < -0.4 is 4.73 Å². The lowest BCUT2D eigenvalue weighted by Gasteiger charge is -2.07. The van der Waals surface area contributed by atoms with E-state index < -0.39 is 0 Å². The van der Waals surface area contributed by atoms with Crippen molar-refractivity contribution in [2.24, 2.45) is 0 Å². The van der Waals surface area contributed by atoms with Crippen molar-refractivity contribution in [3.63, 3.8) is 0 Å². The minimum absolute atomic E-state index is 0.212. The van der Waals surface area contributed by atoms with Crippen LogP contribution in [0.2, 0.25) is 5.02 Å². The molecule has 0 radical (unpaired) electrons. The first-order valence-corrected chi connectivity index (χ1v) is 6.98. The van der Waals surface area contributed by atoms with Gasteiger partial charge in [-0.2, -0.15) is 4.73 Å². The Bertz CT molecular complexity index is 700. The van der Waals surface area contributed by atoms with Gasteiger partial charge >= 0.3 is 0 Å². The van der Waals surface area contributed by atoms with E-state index in [1.54, 1.807) is 18.2 Å². The lowest BCUT2D eigenvalue weighted by molar-refractivity contribution is -0.608. The fourth-order valence-electron chi connectivity index (χ4n) is 2.41. The average molecular weight is 339 g/mol. The summed E-state index contributed by atoms with van der Waals surface area (Å²) < 4.78 is 1.32. The largest absolute Gasteiger partial charge is 0.618 e. The van der Waals surface area contributed by atoms with Crippen LogP contribution in [0, 0.1) is 5.21 Å². The molecule has 1 aromatic carbocycles. The highest BCUT2D eigenvalue weighted by Gasteiger charge is 2.28. The first kappa shape index (κ1) is 12.6. The van der Waals surface area contributed by atoms with Gasteiger partial charge in [-0.05, 0) is 58.6 Å². The number of fused-ring (bicyclic) bond motifs is 2. The quantitative estimate of drug-likeness (QED) is 0.547. The van der Waals surface area contributed by atoms with Crippen molar-refractivity contribution in [3.8, 4) is 0 Å². The third-order valence-electron chi connectivity index (χ3n) is 3.27. The summed E-state index contributed by atoms with van der Waals surface area (Å²) in [6, 6.07) is 6.99. The maximum Gasteiger partial charge on any atom is 0.268 e. The lowest BCUT2D eigenvalue weighted by Crippen LogP contribution is -2.36. The Hall–Kier alpha value is -1.39. The van der Waals surface area contributed by atoms with Crippen molar-refractivity contribution in [2.45, 2.75) is 12.8 Å². The van der Waals surface area contributed by atoms with Gasteiger partial charge in [0.1, 0.15) is 0 Å². The number of nitrogens with zero attached hydrogens (tertiary/aromatic N) is 1. The molecule has 0 fully saturated rings. The van der Waals surface area contributed by atoms with E-state index in [9.17, 15) is 10.0 Å². The molecule has 0 atom stereocenters. The normalized spacial score (nSPS) is 13.7. The summed E-state index contributed by atoms with van der Waals surface area (Å²) in [5.41, 5.74) is 2.44. The molecule has 0 aliphatic heterocycles. The second kappa shape index (κ2) is 4.62. The molecule has 1 heterocycles. The van der Waals surface area contributed by atoms with Gasteiger partial charge in [0.25, 0.3) is 11.5 Å². The Morgan fingerprint density at radius 3 is 2.74 bits per heavy atom. The number of carbonyl (C=O) groups is 1. The van der Waals surface area contributed by atoms with E-state index in [0.717, 1.165) is 11.1 Å². The van der Waals surface area contributed by atoms with Gasteiger partial charge in [-0.3, -0.25) is 4.79 Å². The van der Waals surface area contributed by atoms with Crippen molar-refractivity contribution in [1.82, 2.24) is 0 Å². The molecular formula is C14H9BrClNO2. The minimum atomic E-state index is -0.235. The molecule has 0 spiro atoms. The number of aryl methyl sites for hydroxylation is 2. The Labute approximate surface area is 123 Å². The van der Waals surface area contributed by atoms with Gasteiger partial charge in [0.15, 0.2) is 6.20 Å². The molecule has 5 heteroatoms. The van der Waals surface area contributed by atoms with E-state index in [2.05, 4.69) is 15.9 Å². The number of ketones is 1. The van der Waals surface area contributed by atoms with Crippen molar-refractivity contribution < 1.29 is 9.52 Å².